The van der Waals surface area contributed by atoms with E-state index in [0.29, 0.717) is 5.56 Å². The largest absolute Gasteiger partial charge is 0.468 e. The van der Waals surface area contributed by atoms with Gasteiger partial charge in [0.25, 0.3) is 0 Å². The molecule has 4 heteroatoms. The van der Waals surface area contributed by atoms with Crippen molar-refractivity contribution in [2.75, 3.05) is 20.4 Å². The molecule has 2 rings (SSSR count). The van der Waals surface area contributed by atoms with Crippen molar-refractivity contribution in [3.63, 3.8) is 0 Å². The molecule has 1 atom stereocenters. The van der Waals surface area contributed by atoms with E-state index in [1.54, 1.807) is 12.1 Å². The summed E-state index contributed by atoms with van der Waals surface area (Å²) in [5, 5.41) is 9.42. The number of allylic oxidation sites excluding steroid dienone is 1. The molecule has 0 spiro atoms. The van der Waals surface area contributed by atoms with Crippen LogP contribution in [0.4, 0.5) is 4.39 Å². The third kappa shape index (κ3) is 4.27. The number of halogens is 1. The lowest BCUT2D eigenvalue weighted by molar-refractivity contribution is -0.143. The molecule has 0 aromatic heterocycles. The standard InChI is InChI=1S/C19H19FO3/c1-23-19(22)18(13-21)17-6-2-5-16(12-17)15-9-7-14(8-10-15)4-3-11-20/h2-10,12,18,21H,11,13H2,1H3/b4-3-. The number of aliphatic hydroxyl groups excluding tert-OH is 1. The van der Waals surface area contributed by atoms with Crippen molar-refractivity contribution in [2.45, 2.75) is 5.92 Å². The summed E-state index contributed by atoms with van der Waals surface area (Å²) in [6, 6.07) is 15.1. The second kappa shape index (κ2) is 8.25. The number of ether oxygens (including phenoxy) is 1. The lowest BCUT2D eigenvalue weighted by Crippen LogP contribution is -2.17. The summed E-state index contributed by atoms with van der Waals surface area (Å²) in [7, 11) is 1.30. The average Bonchev–Trinajstić information content (AvgIpc) is 2.61. The van der Waals surface area contributed by atoms with E-state index < -0.39 is 18.6 Å². The second-order valence-corrected chi connectivity index (χ2v) is 5.06. The van der Waals surface area contributed by atoms with Crippen LogP contribution in [-0.4, -0.2) is 31.5 Å². The summed E-state index contributed by atoms with van der Waals surface area (Å²) < 4.78 is 16.8. The van der Waals surface area contributed by atoms with Crippen molar-refractivity contribution < 1.29 is 19.0 Å². The highest BCUT2D eigenvalue weighted by atomic mass is 19.1. The second-order valence-electron chi connectivity index (χ2n) is 5.06. The molecule has 1 unspecified atom stereocenters. The van der Waals surface area contributed by atoms with E-state index in [9.17, 15) is 14.3 Å². The Hall–Kier alpha value is -2.46. The monoisotopic (exact) mass is 314 g/mol. The van der Waals surface area contributed by atoms with Crippen LogP contribution < -0.4 is 0 Å². The summed E-state index contributed by atoms with van der Waals surface area (Å²) >= 11 is 0. The molecule has 0 amide bonds. The van der Waals surface area contributed by atoms with Gasteiger partial charge >= 0.3 is 5.97 Å². The maximum Gasteiger partial charge on any atom is 0.315 e. The number of carbonyl (C=O) groups is 1. The zero-order valence-electron chi connectivity index (χ0n) is 12.9. The van der Waals surface area contributed by atoms with Crippen LogP contribution in [0.5, 0.6) is 0 Å². The number of alkyl halides is 1. The molecule has 0 heterocycles. The van der Waals surface area contributed by atoms with Crippen LogP contribution in [-0.2, 0) is 9.53 Å². The Morgan fingerprint density at radius 3 is 2.57 bits per heavy atom. The highest BCUT2D eigenvalue weighted by molar-refractivity contribution is 5.79. The van der Waals surface area contributed by atoms with Crippen molar-refractivity contribution in [1.29, 1.82) is 0 Å². The smallest absolute Gasteiger partial charge is 0.315 e. The van der Waals surface area contributed by atoms with Crippen molar-refractivity contribution in [3.8, 4) is 11.1 Å². The molecule has 2 aromatic carbocycles. The fourth-order valence-corrected chi connectivity index (χ4v) is 2.36. The highest BCUT2D eigenvalue weighted by Gasteiger charge is 2.20. The fraction of sp³-hybridized carbons (Fsp3) is 0.211. The normalized spacial score (nSPS) is 12.3. The number of hydrogen-bond donors (Lipinski definition) is 1. The van der Waals surface area contributed by atoms with Gasteiger partial charge in [0, 0.05) is 0 Å². The highest BCUT2D eigenvalue weighted by Crippen LogP contribution is 2.25. The molecule has 2 aromatic rings. The lowest BCUT2D eigenvalue weighted by Gasteiger charge is -2.13. The predicted octanol–water partition coefficient (Wildman–Crippen LogP) is 3.59. The van der Waals surface area contributed by atoms with Crippen LogP contribution in [0.15, 0.2) is 54.6 Å². The molecule has 0 saturated carbocycles. The zero-order valence-corrected chi connectivity index (χ0v) is 12.9. The molecule has 1 N–H and O–H groups in total. The van der Waals surface area contributed by atoms with E-state index in [2.05, 4.69) is 0 Å². The Morgan fingerprint density at radius 2 is 1.96 bits per heavy atom. The summed E-state index contributed by atoms with van der Waals surface area (Å²) in [4.78, 5) is 11.7. The van der Waals surface area contributed by atoms with Gasteiger partial charge < -0.3 is 9.84 Å². The van der Waals surface area contributed by atoms with Crippen LogP contribution in [0.3, 0.4) is 0 Å². The van der Waals surface area contributed by atoms with Gasteiger partial charge in [0.2, 0.25) is 0 Å². The quantitative estimate of drug-likeness (QED) is 0.829. The molecule has 0 saturated heterocycles. The maximum atomic E-state index is 12.1. The first-order valence-corrected chi connectivity index (χ1v) is 7.31. The van der Waals surface area contributed by atoms with Crippen LogP contribution in [0.25, 0.3) is 17.2 Å². The van der Waals surface area contributed by atoms with Gasteiger partial charge in [-0.05, 0) is 22.3 Å². The predicted molar refractivity (Wildman–Crippen MR) is 88.7 cm³/mol. The van der Waals surface area contributed by atoms with Gasteiger partial charge in [0.15, 0.2) is 0 Å². The number of esters is 1. The van der Waals surface area contributed by atoms with Crippen molar-refractivity contribution in [3.05, 3.63) is 65.7 Å². The molecule has 0 aliphatic heterocycles. The fourth-order valence-electron chi connectivity index (χ4n) is 2.36. The molecule has 0 aliphatic carbocycles. The molecule has 0 radical (unpaired) electrons. The minimum absolute atomic E-state index is 0.302. The molecule has 120 valence electrons. The third-order valence-electron chi connectivity index (χ3n) is 3.60. The molecule has 3 nitrogen and oxygen atoms in total. The van der Waals surface area contributed by atoms with E-state index in [1.165, 1.54) is 13.2 Å². The first-order chi connectivity index (χ1) is 11.2. The van der Waals surface area contributed by atoms with Crippen molar-refractivity contribution in [2.24, 2.45) is 0 Å². The molecular weight excluding hydrogens is 295 g/mol. The van der Waals surface area contributed by atoms with Gasteiger partial charge in [-0.25, -0.2) is 4.39 Å². The molecule has 0 aliphatic rings. The Kier molecular flexibility index (Phi) is 6.06. The van der Waals surface area contributed by atoms with Crippen LogP contribution in [0, 0.1) is 0 Å². The third-order valence-corrected chi connectivity index (χ3v) is 3.60. The maximum absolute atomic E-state index is 12.1. The van der Waals surface area contributed by atoms with Crippen LogP contribution in [0.2, 0.25) is 0 Å². The molecule has 0 bridgehead atoms. The van der Waals surface area contributed by atoms with E-state index in [0.717, 1.165) is 16.7 Å². The first-order valence-electron chi connectivity index (χ1n) is 7.31. The first kappa shape index (κ1) is 16.9. The van der Waals surface area contributed by atoms with E-state index in [1.807, 2.05) is 42.5 Å². The van der Waals surface area contributed by atoms with E-state index in [-0.39, 0.29) is 6.61 Å². The number of carbonyl (C=O) groups excluding carboxylic acids is 1. The number of benzene rings is 2. The molecular formula is C19H19FO3. The van der Waals surface area contributed by atoms with Gasteiger partial charge in [0.05, 0.1) is 13.7 Å². The van der Waals surface area contributed by atoms with Gasteiger partial charge in [0.1, 0.15) is 12.6 Å². The number of rotatable bonds is 6. The van der Waals surface area contributed by atoms with Crippen molar-refractivity contribution in [1.82, 2.24) is 0 Å². The topological polar surface area (TPSA) is 46.5 Å². The molecule has 23 heavy (non-hydrogen) atoms. The number of methoxy groups -OCH3 is 1. The van der Waals surface area contributed by atoms with Gasteiger partial charge in [-0.1, -0.05) is 60.7 Å². The Morgan fingerprint density at radius 1 is 1.22 bits per heavy atom. The summed E-state index contributed by atoms with van der Waals surface area (Å²) in [6.07, 6.45) is 3.18. The number of hydrogen-bond acceptors (Lipinski definition) is 3. The summed E-state index contributed by atoms with van der Waals surface area (Å²) in [5.74, 6) is -1.15. The Balaban J connectivity index is 2.28. The van der Waals surface area contributed by atoms with Crippen molar-refractivity contribution >= 4 is 12.0 Å². The zero-order chi connectivity index (χ0) is 16.7. The Bertz CT molecular complexity index is 677. The van der Waals surface area contributed by atoms with Gasteiger partial charge in [-0.2, -0.15) is 0 Å². The summed E-state index contributed by atoms with van der Waals surface area (Å²) in [5.41, 5.74) is 3.54. The summed E-state index contributed by atoms with van der Waals surface area (Å²) in [6.45, 7) is -0.789. The van der Waals surface area contributed by atoms with Crippen LogP contribution >= 0.6 is 0 Å². The molecule has 0 fully saturated rings. The van der Waals surface area contributed by atoms with E-state index >= 15 is 0 Å². The number of aliphatic hydroxyl groups is 1. The lowest BCUT2D eigenvalue weighted by atomic mass is 9.95. The van der Waals surface area contributed by atoms with Gasteiger partial charge in [-0.3, -0.25) is 4.79 Å². The Labute approximate surface area is 135 Å². The average molecular weight is 314 g/mol. The SMILES string of the molecule is COC(=O)C(CO)c1cccc(-c2ccc(/C=C\CF)cc2)c1. The minimum Gasteiger partial charge on any atom is -0.468 e. The van der Waals surface area contributed by atoms with Gasteiger partial charge in [-0.15, -0.1) is 0 Å². The van der Waals surface area contributed by atoms with Crippen LogP contribution in [0.1, 0.15) is 17.0 Å². The minimum atomic E-state index is -0.688. The van der Waals surface area contributed by atoms with E-state index in [4.69, 9.17) is 4.74 Å².